The molecule has 0 radical (unpaired) electrons. The topological polar surface area (TPSA) is 88.7 Å². The molecule has 0 aromatic heterocycles. The second kappa shape index (κ2) is 10.2. The van der Waals surface area contributed by atoms with E-state index in [1.165, 1.54) is 0 Å². The minimum Gasteiger partial charge on any atom is -0.382 e. The van der Waals surface area contributed by atoms with Crippen LogP contribution in [0.15, 0.2) is 27.7 Å². The van der Waals surface area contributed by atoms with Gasteiger partial charge in [0.05, 0.1) is 0 Å². The molecule has 1 aromatic carbocycles. The second-order valence-corrected chi connectivity index (χ2v) is 5.60. The third kappa shape index (κ3) is 7.42. The maximum atomic E-state index is 11.9. The molecule has 0 aliphatic heterocycles. The maximum Gasteiger partial charge on any atom is 0.246 e. The van der Waals surface area contributed by atoms with Gasteiger partial charge in [0, 0.05) is 29.9 Å². The Kier molecular flexibility index (Phi) is 8.54. The Morgan fingerprint density at radius 3 is 2.95 bits per heavy atom. The molecule has 0 saturated carbocycles. The van der Waals surface area contributed by atoms with Gasteiger partial charge in [-0.15, -0.1) is 0 Å². The first kappa shape index (κ1) is 18.4. The van der Waals surface area contributed by atoms with Gasteiger partial charge < -0.3 is 21.1 Å². The molecule has 0 spiro atoms. The van der Waals surface area contributed by atoms with Gasteiger partial charge in [-0.2, -0.15) is 0 Å². The Labute approximate surface area is 139 Å². The number of hydrogen-bond donors (Lipinski definition) is 3. The molecule has 1 amide bonds. The number of nitrogens with zero attached hydrogens (tertiary/aromatic N) is 1. The lowest BCUT2D eigenvalue weighted by molar-refractivity contribution is -0.114. The van der Waals surface area contributed by atoms with Crippen molar-refractivity contribution in [2.45, 2.75) is 20.3 Å². The number of rotatable bonds is 8. The summed E-state index contributed by atoms with van der Waals surface area (Å²) < 4.78 is 6.12. The molecule has 7 heteroatoms. The first-order valence-electron chi connectivity index (χ1n) is 7.20. The van der Waals surface area contributed by atoms with Crippen molar-refractivity contribution in [1.82, 2.24) is 5.32 Å². The number of carbonyl (C=O) groups is 1. The highest BCUT2D eigenvalue weighted by Gasteiger charge is 2.05. The van der Waals surface area contributed by atoms with E-state index in [1.807, 2.05) is 32.0 Å². The smallest absolute Gasteiger partial charge is 0.246 e. The molecular formula is C15H23BrN4O2. The van der Waals surface area contributed by atoms with Crippen molar-refractivity contribution in [2.75, 3.05) is 31.6 Å². The molecule has 4 N–H and O–H groups in total. The summed E-state index contributed by atoms with van der Waals surface area (Å²) >= 11 is 3.38. The van der Waals surface area contributed by atoms with Gasteiger partial charge >= 0.3 is 0 Å². The van der Waals surface area contributed by atoms with Gasteiger partial charge in [0.1, 0.15) is 6.54 Å². The van der Waals surface area contributed by atoms with E-state index in [0.29, 0.717) is 19.8 Å². The van der Waals surface area contributed by atoms with Crippen molar-refractivity contribution in [1.29, 1.82) is 0 Å². The van der Waals surface area contributed by atoms with Crippen molar-refractivity contribution >= 4 is 33.5 Å². The van der Waals surface area contributed by atoms with Crippen molar-refractivity contribution in [3.8, 4) is 0 Å². The Balaban J connectivity index is 2.35. The van der Waals surface area contributed by atoms with Gasteiger partial charge in [-0.3, -0.25) is 4.79 Å². The second-order valence-electron chi connectivity index (χ2n) is 4.69. The van der Waals surface area contributed by atoms with Gasteiger partial charge in [0.15, 0.2) is 5.96 Å². The SMILES string of the molecule is CCOCCCNC(N)=NCC(=O)Nc1cc(Br)ccc1C. The zero-order valence-corrected chi connectivity index (χ0v) is 14.6. The zero-order chi connectivity index (χ0) is 16.4. The third-order valence-electron chi connectivity index (χ3n) is 2.84. The van der Waals surface area contributed by atoms with Gasteiger partial charge in [0.2, 0.25) is 5.91 Å². The maximum absolute atomic E-state index is 11.9. The quantitative estimate of drug-likeness (QED) is 0.371. The number of benzene rings is 1. The average Bonchev–Trinajstić information content (AvgIpc) is 2.49. The summed E-state index contributed by atoms with van der Waals surface area (Å²) in [6, 6.07) is 5.71. The Morgan fingerprint density at radius 2 is 2.23 bits per heavy atom. The number of nitrogens with one attached hydrogen (secondary N) is 2. The van der Waals surface area contributed by atoms with Crippen LogP contribution in [0.4, 0.5) is 5.69 Å². The fraction of sp³-hybridized carbons (Fsp3) is 0.467. The molecule has 0 atom stereocenters. The molecule has 1 aromatic rings. The number of aryl methyl sites for hydroxylation is 1. The van der Waals surface area contributed by atoms with Crippen molar-refractivity contribution in [3.05, 3.63) is 28.2 Å². The van der Waals surface area contributed by atoms with Crippen LogP contribution in [0.5, 0.6) is 0 Å². The number of aliphatic imine (C=N–C) groups is 1. The van der Waals surface area contributed by atoms with Crippen molar-refractivity contribution in [2.24, 2.45) is 10.7 Å². The van der Waals surface area contributed by atoms with E-state index in [-0.39, 0.29) is 18.4 Å². The fourth-order valence-electron chi connectivity index (χ4n) is 1.67. The Bertz CT molecular complexity index is 520. The highest BCUT2D eigenvalue weighted by atomic mass is 79.9. The summed E-state index contributed by atoms with van der Waals surface area (Å²) in [6.07, 6.45) is 0.841. The minimum atomic E-state index is -0.208. The van der Waals surface area contributed by atoms with E-state index in [2.05, 4.69) is 31.6 Å². The summed E-state index contributed by atoms with van der Waals surface area (Å²) in [7, 11) is 0. The first-order chi connectivity index (χ1) is 10.5. The highest BCUT2D eigenvalue weighted by molar-refractivity contribution is 9.10. The lowest BCUT2D eigenvalue weighted by atomic mass is 10.2. The van der Waals surface area contributed by atoms with E-state index in [4.69, 9.17) is 10.5 Å². The van der Waals surface area contributed by atoms with E-state index in [1.54, 1.807) is 0 Å². The molecule has 0 saturated heterocycles. The van der Waals surface area contributed by atoms with Gasteiger partial charge in [-0.25, -0.2) is 4.99 Å². The summed E-state index contributed by atoms with van der Waals surface area (Å²) in [6.45, 7) is 5.92. The van der Waals surface area contributed by atoms with E-state index in [9.17, 15) is 4.79 Å². The lowest BCUT2D eigenvalue weighted by Gasteiger charge is -2.08. The van der Waals surface area contributed by atoms with Crippen molar-refractivity contribution in [3.63, 3.8) is 0 Å². The van der Waals surface area contributed by atoms with Crippen LogP contribution in [0.1, 0.15) is 18.9 Å². The number of amides is 1. The molecule has 0 aliphatic carbocycles. The van der Waals surface area contributed by atoms with E-state index >= 15 is 0 Å². The van der Waals surface area contributed by atoms with Crippen LogP contribution in [-0.2, 0) is 9.53 Å². The number of carbonyl (C=O) groups excluding carboxylic acids is 1. The lowest BCUT2D eigenvalue weighted by Crippen LogP contribution is -2.34. The largest absolute Gasteiger partial charge is 0.382 e. The van der Waals surface area contributed by atoms with Crippen molar-refractivity contribution < 1.29 is 9.53 Å². The van der Waals surface area contributed by atoms with Gasteiger partial charge in [-0.1, -0.05) is 22.0 Å². The van der Waals surface area contributed by atoms with Crippen LogP contribution in [0.25, 0.3) is 0 Å². The van der Waals surface area contributed by atoms with Gasteiger partial charge in [-0.05, 0) is 38.0 Å². The molecule has 1 rings (SSSR count). The minimum absolute atomic E-state index is 0.0176. The van der Waals surface area contributed by atoms with Crippen LogP contribution in [-0.4, -0.2) is 38.2 Å². The number of ether oxygens (including phenoxy) is 1. The molecule has 0 aliphatic rings. The van der Waals surface area contributed by atoms with Crippen LogP contribution in [0.2, 0.25) is 0 Å². The normalized spacial score (nSPS) is 11.3. The summed E-state index contributed by atoms with van der Waals surface area (Å²) in [5.74, 6) is 0.0536. The number of nitrogens with two attached hydrogens (primary N) is 1. The summed E-state index contributed by atoms with van der Waals surface area (Å²) in [5, 5.41) is 5.75. The standard InChI is InChI=1S/C15H23BrN4O2/c1-3-22-8-4-7-18-15(17)19-10-14(21)20-13-9-12(16)6-5-11(13)2/h5-6,9H,3-4,7-8,10H2,1-2H3,(H,20,21)(H3,17,18,19). The van der Waals surface area contributed by atoms with E-state index < -0.39 is 0 Å². The average molecular weight is 371 g/mol. The first-order valence-corrected chi connectivity index (χ1v) is 7.99. The molecule has 6 nitrogen and oxygen atoms in total. The molecular weight excluding hydrogens is 348 g/mol. The molecule has 22 heavy (non-hydrogen) atoms. The number of anilines is 1. The van der Waals surface area contributed by atoms with E-state index in [0.717, 1.165) is 22.1 Å². The zero-order valence-electron chi connectivity index (χ0n) is 13.0. The van der Waals surface area contributed by atoms with Crippen LogP contribution >= 0.6 is 15.9 Å². The predicted octanol–water partition coefficient (Wildman–Crippen LogP) is 2.03. The van der Waals surface area contributed by atoms with Crippen LogP contribution < -0.4 is 16.4 Å². The summed E-state index contributed by atoms with van der Waals surface area (Å²) in [5.41, 5.74) is 7.45. The Hall–Kier alpha value is -1.60. The van der Waals surface area contributed by atoms with Gasteiger partial charge in [0.25, 0.3) is 0 Å². The summed E-state index contributed by atoms with van der Waals surface area (Å²) in [4.78, 5) is 15.9. The predicted molar refractivity (Wildman–Crippen MR) is 93.1 cm³/mol. The Morgan fingerprint density at radius 1 is 1.45 bits per heavy atom. The monoisotopic (exact) mass is 370 g/mol. The number of hydrogen-bond acceptors (Lipinski definition) is 3. The molecule has 0 heterocycles. The number of halogens is 1. The van der Waals surface area contributed by atoms with Crippen LogP contribution in [0.3, 0.4) is 0 Å². The third-order valence-corrected chi connectivity index (χ3v) is 3.34. The molecule has 0 fully saturated rings. The van der Waals surface area contributed by atoms with Crippen LogP contribution in [0, 0.1) is 6.92 Å². The number of guanidine groups is 1. The molecule has 0 unspecified atom stereocenters. The molecule has 0 bridgehead atoms. The fourth-order valence-corrected chi connectivity index (χ4v) is 2.03. The highest BCUT2D eigenvalue weighted by Crippen LogP contribution is 2.20. The molecule has 122 valence electrons.